The van der Waals surface area contributed by atoms with Crippen LogP contribution >= 0.6 is 0 Å². The number of carbonyl (C=O) groups excluding carboxylic acids is 1. The van der Waals surface area contributed by atoms with Crippen LogP contribution in [0.3, 0.4) is 0 Å². The van der Waals surface area contributed by atoms with E-state index < -0.39 is 0 Å². The van der Waals surface area contributed by atoms with Gasteiger partial charge in [0.15, 0.2) is 0 Å². The first kappa shape index (κ1) is 11.9. The molecule has 2 N–H and O–H groups in total. The van der Waals surface area contributed by atoms with Gasteiger partial charge in [-0.2, -0.15) is 0 Å². The van der Waals surface area contributed by atoms with Gasteiger partial charge in [0.25, 0.3) is 0 Å². The zero-order valence-corrected chi connectivity index (χ0v) is 10.6. The maximum absolute atomic E-state index is 12.3. The Kier molecular flexibility index (Phi) is 3.24. The van der Waals surface area contributed by atoms with Crippen LogP contribution in [0.2, 0.25) is 0 Å². The summed E-state index contributed by atoms with van der Waals surface area (Å²) in [7, 11) is 0. The molecule has 0 bridgehead atoms. The van der Waals surface area contributed by atoms with Crippen molar-refractivity contribution < 1.29 is 4.79 Å². The molecule has 0 aromatic carbocycles. The van der Waals surface area contributed by atoms with Crippen molar-refractivity contribution in [1.82, 2.24) is 10.6 Å². The molecule has 1 saturated heterocycles. The summed E-state index contributed by atoms with van der Waals surface area (Å²) in [5.74, 6) is 0.205. The van der Waals surface area contributed by atoms with Gasteiger partial charge >= 0.3 is 0 Å². The molecule has 1 aliphatic heterocycles. The molecule has 0 aromatic heterocycles. The minimum atomic E-state index is -0.330. The molecule has 0 radical (unpaired) electrons. The lowest BCUT2D eigenvalue weighted by Gasteiger charge is -2.37. The molecule has 2 fully saturated rings. The molecule has 1 saturated carbocycles. The summed E-state index contributed by atoms with van der Waals surface area (Å²) in [5, 5.41) is 6.64. The Morgan fingerprint density at radius 3 is 2.25 bits per heavy atom. The first-order valence-electron chi connectivity index (χ1n) is 6.62. The van der Waals surface area contributed by atoms with E-state index in [1.807, 2.05) is 6.92 Å². The van der Waals surface area contributed by atoms with E-state index >= 15 is 0 Å². The lowest BCUT2D eigenvalue weighted by atomic mass is 9.88. The third-order valence-corrected chi connectivity index (χ3v) is 4.24. The van der Waals surface area contributed by atoms with Gasteiger partial charge in [-0.05, 0) is 52.5 Å². The van der Waals surface area contributed by atoms with Crippen LogP contribution in [0.25, 0.3) is 0 Å². The second-order valence-corrected chi connectivity index (χ2v) is 5.94. The quantitative estimate of drug-likeness (QED) is 0.753. The van der Waals surface area contributed by atoms with Crippen molar-refractivity contribution in [2.24, 2.45) is 0 Å². The third kappa shape index (κ3) is 2.40. The molecular weight excluding hydrogens is 200 g/mol. The number of hydrogen-bond donors (Lipinski definition) is 2. The van der Waals surface area contributed by atoms with Crippen molar-refractivity contribution in [2.75, 3.05) is 6.54 Å². The van der Waals surface area contributed by atoms with Crippen molar-refractivity contribution in [3.05, 3.63) is 0 Å². The van der Waals surface area contributed by atoms with Gasteiger partial charge in [0.1, 0.15) is 0 Å². The predicted octanol–water partition coefficient (Wildman–Crippen LogP) is 1.97. The lowest BCUT2D eigenvalue weighted by molar-refractivity contribution is -0.129. The smallest absolute Gasteiger partial charge is 0.240 e. The normalized spacial score (nSPS) is 33.6. The molecular formula is C13H24N2O. The average Bonchev–Trinajstić information content (AvgIpc) is 2.66. The fraction of sp³-hybridized carbons (Fsp3) is 0.923. The number of amides is 1. The van der Waals surface area contributed by atoms with Crippen molar-refractivity contribution in [1.29, 1.82) is 0 Å². The van der Waals surface area contributed by atoms with Crippen LogP contribution in [-0.4, -0.2) is 23.5 Å². The van der Waals surface area contributed by atoms with Crippen molar-refractivity contribution in [3.63, 3.8) is 0 Å². The highest BCUT2D eigenvalue weighted by Gasteiger charge is 2.39. The Labute approximate surface area is 98.4 Å². The van der Waals surface area contributed by atoms with Gasteiger partial charge in [0, 0.05) is 5.54 Å². The monoisotopic (exact) mass is 224 g/mol. The molecule has 1 amide bonds. The lowest BCUT2D eigenvalue weighted by Crippen LogP contribution is -2.60. The molecule has 2 aliphatic rings. The summed E-state index contributed by atoms with van der Waals surface area (Å²) in [5.41, 5.74) is -0.275. The van der Waals surface area contributed by atoms with E-state index in [0.717, 1.165) is 32.2 Å². The molecule has 16 heavy (non-hydrogen) atoms. The summed E-state index contributed by atoms with van der Waals surface area (Å²) in [6.45, 7) is 5.20. The van der Waals surface area contributed by atoms with Crippen molar-refractivity contribution >= 4 is 5.91 Å². The zero-order chi connectivity index (χ0) is 11.6. The van der Waals surface area contributed by atoms with Gasteiger partial charge in [0.2, 0.25) is 5.91 Å². The topological polar surface area (TPSA) is 41.1 Å². The summed E-state index contributed by atoms with van der Waals surface area (Å²) in [6, 6.07) is 0. The number of carbonyl (C=O) groups is 1. The van der Waals surface area contributed by atoms with Gasteiger partial charge in [-0.3, -0.25) is 4.79 Å². The van der Waals surface area contributed by atoms with Crippen LogP contribution in [0, 0.1) is 0 Å². The number of piperidine rings is 1. The minimum absolute atomic E-state index is 0.0548. The first-order chi connectivity index (χ1) is 7.54. The highest BCUT2D eigenvalue weighted by Crippen LogP contribution is 2.30. The summed E-state index contributed by atoms with van der Waals surface area (Å²) in [4.78, 5) is 12.3. The SMILES string of the molecule is CC1(NC(=O)C2(C)CCCCN2)CCCC1. The number of rotatable bonds is 2. The third-order valence-electron chi connectivity index (χ3n) is 4.24. The Morgan fingerprint density at radius 2 is 1.69 bits per heavy atom. The van der Waals surface area contributed by atoms with Crippen LogP contribution in [0.15, 0.2) is 0 Å². The molecule has 3 heteroatoms. The highest BCUT2D eigenvalue weighted by atomic mass is 16.2. The van der Waals surface area contributed by atoms with Gasteiger partial charge in [-0.15, -0.1) is 0 Å². The molecule has 92 valence electrons. The second kappa shape index (κ2) is 4.36. The Morgan fingerprint density at radius 1 is 1.06 bits per heavy atom. The molecule has 3 nitrogen and oxygen atoms in total. The maximum atomic E-state index is 12.3. The van der Waals surface area contributed by atoms with Crippen LogP contribution < -0.4 is 10.6 Å². The van der Waals surface area contributed by atoms with E-state index in [4.69, 9.17) is 0 Å². The minimum Gasteiger partial charge on any atom is -0.349 e. The van der Waals surface area contributed by atoms with Gasteiger partial charge in [-0.1, -0.05) is 12.8 Å². The highest BCUT2D eigenvalue weighted by molar-refractivity contribution is 5.86. The number of hydrogen-bond acceptors (Lipinski definition) is 2. The van der Waals surface area contributed by atoms with Crippen molar-refractivity contribution in [2.45, 2.75) is 69.9 Å². The predicted molar refractivity (Wildman–Crippen MR) is 65.3 cm³/mol. The summed E-state index contributed by atoms with van der Waals surface area (Å²) in [6.07, 6.45) is 8.09. The van der Waals surface area contributed by atoms with E-state index in [0.29, 0.717) is 0 Å². The molecule has 2 rings (SSSR count). The molecule has 1 heterocycles. The molecule has 1 unspecified atom stereocenters. The van der Waals surface area contributed by atoms with E-state index in [1.165, 1.54) is 19.3 Å². The summed E-state index contributed by atoms with van der Waals surface area (Å²) >= 11 is 0. The van der Waals surface area contributed by atoms with E-state index in [9.17, 15) is 4.79 Å². The van der Waals surface area contributed by atoms with Crippen molar-refractivity contribution in [3.8, 4) is 0 Å². The van der Waals surface area contributed by atoms with Crippen LogP contribution in [0.1, 0.15) is 58.8 Å². The fourth-order valence-corrected chi connectivity index (χ4v) is 2.94. The van der Waals surface area contributed by atoms with E-state index in [1.54, 1.807) is 0 Å². The van der Waals surface area contributed by atoms with Gasteiger partial charge in [-0.25, -0.2) is 0 Å². The fourth-order valence-electron chi connectivity index (χ4n) is 2.94. The van der Waals surface area contributed by atoms with E-state index in [-0.39, 0.29) is 17.0 Å². The second-order valence-electron chi connectivity index (χ2n) is 5.94. The Balaban J connectivity index is 1.96. The van der Waals surface area contributed by atoms with Crippen LogP contribution in [0.5, 0.6) is 0 Å². The zero-order valence-electron chi connectivity index (χ0n) is 10.6. The molecule has 1 atom stereocenters. The Bertz CT molecular complexity index is 263. The van der Waals surface area contributed by atoms with Crippen LogP contribution in [0.4, 0.5) is 0 Å². The maximum Gasteiger partial charge on any atom is 0.240 e. The van der Waals surface area contributed by atoms with Gasteiger partial charge < -0.3 is 10.6 Å². The first-order valence-corrected chi connectivity index (χ1v) is 6.62. The van der Waals surface area contributed by atoms with Gasteiger partial charge in [0.05, 0.1) is 5.54 Å². The standard InChI is InChI=1S/C13H24N2O/c1-12(7-3-4-8-12)15-11(16)13(2)9-5-6-10-14-13/h14H,3-10H2,1-2H3,(H,15,16). The largest absolute Gasteiger partial charge is 0.349 e. The Hall–Kier alpha value is -0.570. The molecule has 0 aromatic rings. The van der Waals surface area contributed by atoms with Crippen LogP contribution in [-0.2, 0) is 4.79 Å². The molecule has 0 spiro atoms. The number of nitrogens with one attached hydrogen (secondary N) is 2. The average molecular weight is 224 g/mol. The van der Waals surface area contributed by atoms with E-state index in [2.05, 4.69) is 17.6 Å². The summed E-state index contributed by atoms with van der Waals surface area (Å²) < 4.78 is 0. The molecule has 1 aliphatic carbocycles.